The minimum absolute atomic E-state index is 0. The van der Waals surface area contributed by atoms with E-state index >= 15 is 0 Å². The quantitative estimate of drug-likeness (QED) is 0.0396. The highest BCUT2D eigenvalue weighted by Gasteiger charge is 2.54. The van der Waals surface area contributed by atoms with Gasteiger partial charge in [0.1, 0.15) is 66.5 Å². The van der Waals surface area contributed by atoms with Crippen molar-refractivity contribution in [2.24, 2.45) is 16.2 Å². The summed E-state index contributed by atoms with van der Waals surface area (Å²) in [6.45, 7) is 3.67. The molecule has 12 nitrogen and oxygen atoms in total. The van der Waals surface area contributed by atoms with E-state index in [0.717, 1.165) is 30.5 Å². The van der Waals surface area contributed by atoms with Crippen LogP contribution in [0.25, 0.3) is 0 Å². The predicted octanol–water partition coefficient (Wildman–Crippen LogP) is 29.1. The third-order valence-corrected chi connectivity index (χ3v) is 23.2. The van der Waals surface area contributed by atoms with Gasteiger partial charge in [0.2, 0.25) is 0 Å². The Morgan fingerprint density at radius 2 is 0.477 bits per heavy atom. The van der Waals surface area contributed by atoms with E-state index in [1.807, 2.05) is 0 Å². The Bertz CT molecular complexity index is 3450. The summed E-state index contributed by atoms with van der Waals surface area (Å²) in [6, 6.07) is 0. The average molecular weight is 2120 g/mol. The summed E-state index contributed by atoms with van der Waals surface area (Å²) in [5.41, 5.74) is -3.21. The van der Waals surface area contributed by atoms with Gasteiger partial charge in [0.15, 0.2) is 34.5 Å². The van der Waals surface area contributed by atoms with Gasteiger partial charge in [-0.2, -0.15) is 39.5 Å². The summed E-state index contributed by atoms with van der Waals surface area (Å²) in [7, 11) is 0. The molecule has 0 bridgehead atoms. The van der Waals surface area contributed by atoms with Gasteiger partial charge < -0.3 is 56.8 Å². The number of fused-ring (bicyclic) bond motifs is 3. The molecule has 3 aliphatic heterocycles. The molecule has 0 N–H and O–H groups in total. The van der Waals surface area contributed by atoms with Crippen LogP contribution in [-0.4, -0.2) is 209 Å². The molecule has 3 aromatic heterocycles. The molecule has 0 unspecified atom stereocenters. The van der Waals surface area contributed by atoms with E-state index in [-0.39, 0.29) is 146 Å². The van der Waals surface area contributed by atoms with Gasteiger partial charge in [0, 0.05) is 118 Å². The average Bonchev–Trinajstić information content (AvgIpc) is 1.20. The molecule has 0 saturated heterocycles. The van der Waals surface area contributed by atoms with Crippen LogP contribution in [0.15, 0.2) is 18.3 Å². The van der Waals surface area contributed by atoms with Crippen molar-refractivity contribution in [3.8, 4) is 34.5 Å². The van der Waals surface area contributed by atoms with Gasteiger partial charge in [0.05, 0.1) is 94.4 Å². The van der Waals surface area contributed by atoms with Crippen molar-refractivity contribution < 1.29 is 202 Å². The number of hydrogen-bond acceptors (Lipinski definition) is 15. The number of aryl methyl sites for hydroxylation is 2. The summed E-state index contributed by atoms with van der Waals surface area (Å²) in [6.07, 6.45) is -45.5. The highest BCUT2D eigenvalue weighted by atomic mass is 79.9. The van der Waals surface area contributed by atoms with E-state index < -0.39 is 241 Å². The molecule has 128 heavy (non-hydrogen) atoms. The Hall–Kier alpha value is -3.69. The Labute approximate surface area is 747 Å². The molecule has 0 atom stereocenters. The van der Waals surface area contributed by atoms with E-state index in [9.17, 15) is 145 Å². The first-order chi connectivity index (χ1) is 58.0. The van der Waals surface area contributed by atoms with Gasteiger partial charge in [-0.05, 0) is 84.2 Å². The first kappa shape index (κ1) is 118. The van der Waals surface area contributed by atoms with E-state index in [2.05, 4.69) is 31.9 Å². The van der Waals surface area contributed by atoms with Crippen LogP contribution in [0, 0.1) is 30.1 Å². The van der Waals surface area contributed by atoms with Gasteiger partial charge >= 0.3 is 18.5 Å². The van der Waals surface area contributed by atoms with Gasteiger partial charge in [-0.1, -0.05) is 28.2 Å². The van der Waals surface area contributed by atoms with E-state index in [0.29, 0.717) is 42.1 Å². The molecule has 0 amide bonds. The fourth-order valence-electron chi connectivity index (χ4n) is 12.7. The second-order valence-corrected chi connectivity index (χ2v) is 38.0. The van der Waals surface area contributed by atoms with Gasteiger partial charge in [0.25, 0.3) is 71.1 Å². The lowest BCUT2D eigenvalue weighted by Gasteiger charge is -2.31. The van der Waals surface area contributed by atoms with Crippen LogP contribution < -0.4 is 28.4 Å². The monoisotopic (exact) mass is 2110 g/mol. The number of ether oxygens (including phenoxy) is 12. The summed E-state index contributed by atoms with van der Waals surface area (Å²) < 4.78 is 507. The maximum Gasteiger partial charge on any atom is 0.394 e. The Balaban J connectivity index is 0.000000493. The van der Waals surface area contributed by atoms with Crippen molar-refractivity contribution in [1.82, 2.24) is 0 Å². The van der Waals surface area contributed by atoms with Crippen molar-refractivity contribution in [2.75, 3.05) is 119 Å². The van der Waals surface area contributed by atoms with Gasteiger partial charge in [-0.3, -0.25) is 0 Å². The number of thiophene rings is 3. The smallest absolute Gasteiger partial charge is 0.394 e. The molecule has 752 valence electrons. The molecule has 0 fully saturated rings. The molecule has 0 spiro atoms. The van der Waals surface area contributed by atoms with E-state index in [1.54, 1.807) is 24.6 Å². The van der Waals surface area contributed by atoms with Crippen molar-refractivity contribution in [3.05, 3.63) is 28.1 Å². The molecular weight excluding hydrogens is 2010 g/mol. The highest BCUT2D eigenvalue weighted by Crippen LogP contribution is 2.53. The van der Waals surface area contributed by atoms with Crippen LogP contribution in [0.5, 0.6) is 34.5 Å². The molecule has 50 heteroatoms. The van der Waals surface area contributed by atoms with Crippen molar-refractivity contribution in [1.29, 1.82) is 0 Å². The largest absolute Gasteiger partial charge is 0.488 e. The van der Waals surface area contributed by atoms with Crippen LogP contribution in [0.1, 0.15) is 192 Å². The lowest BCUT2D eigenvalue weighted by atomic mass is 9.92. The molecule has 0 saturated carbocycles. The minimum atomic E-state index is -5.30. The van der Waals surface area contributed by atoms with Gasteiger partial charge in [-0.15, -0.1) is 34.0 Å². The molecule has 0 aliphatic carbocycles. The molecular formula is C78H105Br2F33O12S3. The lowest BCUT2D eigenvalue weighted by molar-refractivity contribution is -0.208. The van der Waals surface area contributed by atoms with Crippen molar-refractivity contribution in [2.45, 2.75) is 286 Å². The number of rotatable bonds is 54. The minimum Gasteiger partial charge on any atom is -0.488 e. The fourth-order valence-corrected chi connectivity index (χ4v) is 17.2. The van der Waals surface area contributed by atoms with Crippen LogP contribution in [-0.2, 0) is 28.4 Å². The summed E-state index contributed by atoms with van der Waals surface area (Å²) in [5.74, 6) is -44.9. The zero-order valence-electron chi connectivity index (χ0n) is 69.2. The normalized spacial score (nSPS) is 16.3. The van der Waals surface area contributed by atoms with Crippen molar-refractivity contribution in [3.63, 3.8) is 0 Å². The Kier molecular flexibility index (Phi) is 45.7. The summed E-state index contributed by atoms with van der Waals surface area (Å²) in [5, 5.41) is 3.33. The highest BCUT2D eigenvalue weighted by molar-refractivity contribution is 9.12. The molecule has 3 aromatic rings. The van der Waals surface area contributed by atoms with Gasteiger partial charge in [-0.25, -0.2) is 105 Å². The molecule has 6 rings (SSSR count). The topological polar surface area (TPSA) is 111 Å². The first-order valence-corrected chi connectivity index (χ1v) is 43.7. The lowest BCUT2D eigenvalue weighted by Crippen LogP contribution is -2.43. The summed E-state index contributed by atoms with van der Waals surface area (Å²) >= 11 is 10.7. The number of halogens is 35. The van der Waals surface area contributed by atoms with Crippen LogP contribution in [0.4, 0.5) is 145 Å². The van der Waals surface area contributed by atoms with Crippen LogP contribution in [0.2, 0.25) is 0 Å². The molecule has 0 aromatic carbocycles. The second kappa shape index (κ2) is 49.4. The third-order valence-electron chi connectivity index (χ3n) is 19.1. The molecule has 0 radical (unpaired) electrons. The SMILES string of the molecule is C.CCC(F)(F)CC(F)(F)CCCOCC1(COCCCC(F)(F)CC(F)(F)CC(F)(F)F)COc2c(Br)sc(Br)c2OC1.CCC(F)(F)CC(F)(F)CCCOCC1(COCCCC(F)(F)CC(F)(F)CC(F)(F)F)COc2c(C)sc(C)c2OC1.CCC(F)(F)CC(F)(F)CCCOCC1(COCCCC(F)(F)CC(F)(F)CC(F)(F)F)COc2cscc2OC1. The van der Waals surface area contributed by atoms with Crippen LogP contribution >= 0.6 is 65.9 Å². The predicted molar refractivity (Wildman–Crippen MR) is 415 cm³/mol. The Morgan fingerprint density at radius 1 is 0.281 bits per heavy atom. The molecule has 3 aliphatic rings. The fraction of sp³-hybridized carbons (Fsp3) is 0.846. The van der Waals surface area contributed by atoms with Crippen LogP contribution in [0.3, 0.4) is 0 Å². The number of hydrogen-bond donors (Lipinski definition) is 0. The Morgan fingerprint density at radius 3 is 0.680 bits per heavy atom. The molecule has 6 heterocycles. The van der Waals surface area contributed by atoms with Crippen molar-refractivity contribution >= 4 is 65.9 Å². The summed E-state index contributed by atoms with van der Waals surface area (Å²) in [4.78, 5) is 1.64. The number of alkyl halides is 33. The zero-order valence-corrected chi connectivity index (χ0v) is 74.8. The standard InChI is InChI=1S/C27H37F11O4S.C25H31Br2F11O4S.C25H33F11O4S.CH4/c1-4-23(28,29)11-24(30,31)7-5-9-39-14-22(16-41-20-18(2)43-19(3)21(20)42-17-22)15-40-10-6-8-25(32,33)12-26(34,35)13-27(36,37)38;1-2-21(28,29)9-22(30,31)5-3-7-39-12-20(14-41-16-17(42-15-20)19(27)43-18(16)26)13-40-8-4-6-23(32,33)10-24(34,35)11-25(36,37)38;1-2-21(26,27)11-22(28,29)5-3-7-37-14-20(16-39-18-9-41-10-19(18)40-17-20)15-38-8-4-6-23(30,31)12-24(32,33)13-25(34,35)36;/h4-17H2,1-3H3;2-15H2,1H3;9-10H,2-8,11-17H2,1H3;1H4. The first-order valence-electron chi connectivity index (χ1n) is 39.6. The second-order valence-electron chi connectivity index (χ2n) is 32.2. The zero-order chi connectivity index (χ0) is 96.5. The van der Waals surface area contributed by atoms with E-state index in [4.69, 9.17) is 56.8 Å². The maximum absolute atomic E-state index is 14.0. The third kappa shape index (κ3) is 46.2. The maximum atomic E-state index is 14.0. The van der Waals surface area contributed by atoms with E-state index in [1.165, 1.54) is 34.0 Å².